The number of nitrogens with one attached hydrogen (secondary N) is 1. The van der Waals surface area contributed by atoms with Crippen LogP contribution >= 0.6 is 0 Å². The molecule has 0 amide bonds. The lowest BCUT2D eigenvalue weighted by Gasteiger charge is -2.19. The molecule has 1 atom stereocenters. The third-order valence-corrected chi connectivity index (χ3v) is 4.70. The number of rotatable bonds is 5. The molecule has 0 aliphatic rings. The Morgan fingerprint density at radius 1 is 1.06 bits per heavy atom. The van der Waals surface area contributed by atoms with Crippen LogP contribution in [-0.4, -0.2) is 40.5 Å². The van der Waals surface area contributed by atoms with Crippen molar-refractivity contribution in [3.05, 3.63) is 64.9 Å². The van der Waals surface area contributed by atoms with Gasteiger partial charge < -0.3 is 5.32 Å². The quantitative estimate of drug-likeness (QED) is 0.433. The summed E-state index contributed by atoms with van der Waals surface area (Å²) in [7, 11) is 0. The van der Waals surface area contributed by atoms with Gasteiger partial charge in [-0.15, -0.1) is 0 Å². The first-order valence-electron chi connectivity index (χ1n) is 9.56. The SMILES string of the molecule is CC(Nc1nc(=O)n(CC(F)(F)F)c2ccc(C(F)(F)F)cc12)c1ncnn1-c1ncccn1. The Morgan fingerprint density at radius 2 is 1.76 bits per heavy atom. The molecule has 15 heteroatoms. The predicted molar refractivity (Wildman–Crippen MR) is 106 cm³/mol. The second-order valence-electron chi connectivity index (χ2n) is 7.12. The number of benzene rings is 1. The number of hydrogen-bond donors (Lipinski definition) is 1. The minimum absolute atomic E-state index is 0.154. The molecule has 4 rings (SSSR count). The van der Waals surface area contributed by atoms with E-state index in [9.17, 15) is 31.1 Å². The van der Waals surface area contributed by atoms with Crippen molar-refractivity contribution in [2.45, 2.75) is 31.9 Å². The van der Waals surface area contributed by atoms with Crippen LogP contribution in [0.1, 0.15) is 24.4 Å². The molecule has 34 heavy (non-hydrogen) atoms. The van der Waals surface area contributed by atoms with Gasteiger partial charge >= 0.3 is 18.0 Å². The average molecular weight is 484 g/mol. The van der Waals surface area contributed by atoms with Crippen LogP contribution in [0.25, 0.3) is 16.9 Å². The van der Waals surface area contributed by atoms with Crippen molar-refractivity contribution in [2.75, 3.05) is 5.32 Å². The first-order chi connectivity index (χ1) is 15.9. The molecular weight excluding hydrogens is 470 g/mol. The van der Waals surface area contributed by atoms with Gasteiger partial charge in [0.15, 0.2) is 5.82 Å². The van der Waals surface area contributed by atoms with Gasteiger partial charge in [0.1, 0.15) is 18.7 Å². The normalized spacial score (nSPS) is 13.3. The number of alkyl halides is 6. The average Bonchev–Trinajstić information content (AvgIpc) is 3.25. The van der Waals surface area contributed by atoms with Gasteiger partial charge in [0.2, 0.25) is 0 Å². The van der Waals surface area contributed by atoms with Gasteiger partial charge in [0.05, 0.1) is 17.1 Å². The maximum Gasteiger partial charge on any atom is 0.416 e. The fourth-order valence-electron chi connectivity index (χ4n) is 3.27. The Bertz CT molecular complexity index is 1380. The Hall–Kier alpha value is -4.04. The van der Waals surface area contributed by atoms with Crippen molar-refractivity contribution in [2.24, 2.45) is 0 Å². The van der Waals surface area contributed by atoms with Crippen LogP contribution in [-0.2, 0) is 12.7 Å². The standard InChI is InChI=1S/C19H14F6N8O/c1-10(15-28-9-29-33(15)16-26-5-2-6-27-16)30-14-12-7-11(19(23,24)25)3-4-13(12)32(17(34)31-14)8-18(20,21)22/h2-7,9-10H,8H2,1H3,(H,30,31,34). The van der Waals surface area contributed by atoms with Gasteiger partial charge in [-0.25, -0.2) is 19.7 Å². The van der Waals surface area contributed by atoms with Crippen LogP contribution in [0.5, 0.6) is 0 Å². The fraction of sp³-hybridized carbons (Fsp3) is 0.263. The molecule has 0 fully saturated rings. The molecule has 1 unspecified atom stereocenters. The lowest BCUT2D eigenvalue weighted by Crippen LogP contribution is -2.31. The maximum atomic E-state index is 13.3. The van der Waals surface area contributed by atoms with Crippen molar-refractivity contribution in [1.29, 1.82) is 0 Å². The molecule has 0 bridgehead atoms. The van der Waals surface area contributed by atoms with E-state index in [1.165, 1.54) is 23.4 Å². The summed E-state index contributed by atoms with van der Waals surface area (Å²) in [6.07, 6.45) is -5.46. The highest BCUT2D eigenvalue weighted by atomic mass is 19.4. The predicted octanol–water partition coefficient (Wildman–Crippen LogP) is 3.52. The molecule has 0 radical (unpaired) electrons. The summed E-state index contributed by atoms with van der Waals surface area (Å²) in [5.74, 6) is 0.0228. The number of fused-ring (bicyclic) bond motifs is 1. The van der Waals surface area contributed by atoms with Crippen molar-refractivity contribution < 1.29 is 26.3 Å². The van der Waals surface area contributed by atoms with Crippen molar-refractivity contribution in [1.82, 2.24) is 34.3 Å². The van der Waals surface area contributed by atoms with Crippen LogP contribution in [0, 0.1) is 0 Å². The molecule has 9 nitrogen and oxygen atoms in total. The van der Waals surface area contributed by atoms with Gasteiger partial charge in [-0.2, -0.15) is 41.1 Å². The molecule has 0 spiro atoms. The zero-order valence-corrected chi connectivity index (χ0v) is 17.1. The molecule has 3 heterocycles. The largest absolute Gasteiger partial charge is 0.416 e. The summed E-state index contributed by atoms with van der Waals surface area (Å²) in [4.78, 5) is 28.2. The third kappa shape index (κ3) is 4.67. The van der Waals surface area contributed by atoms with Crippen LogP contribution < -0.4 is 11.0 Å². The van der Waals surface area contributed by atoms with E-state index in [1.807, 2.05) is 0 Å². The van der Waals surface area contributed by atoms with Gasteiger partial charge in [-0.05, 0) is 31.2 Å². The number of aromatic nitrogens is 7. The minimum atomic E-state index is -4.80. The van der Waals surface area contributed by atoms with Crippen molar-refractivity contribution in [3.63, 3.8) is 0 Å². The summed E-state index contributed by atoms with van der Waals surface area (Å²) in [6, 6.07) is 2.81. The van der Waals surface area contributed by atoms with Crippen molar-refractivity contribution >= 4 is 16.7 Å². The Labute approximate surface area is 186 Å². The first-order valence-corrected chi connectivity index (χ1v) is 9.56. The van der Waals surface area contributed by atoms with Crippen LogP contribution in [0.15, 0.2) is 47.8 Å². The number of halogens is 6. The van der Waals surface area contributed by atoms with Gasteiger partial charge in [0, 0.05) is 17.8 Å². The summed E-state index contributed by atoms with van der Waals surface area (Å²) in [6.45, 7) is -0.165. The van der Waals surface area contributed by atoms with Gasteiger partial charge in [-0.1, -0.05) is 0 Å². The molecule has 0 saturated carbocycles. The van der Waals surface area contributed by atoms with E-state index in [-0.39, 0.29) is 33.1 Å². The molecule has 1 aromatic carbocycles. The maximum absolute atomic E-state index is 13.3. The second-order valence-corrected chi connectivity index (χ2v) is 7.12. The Kier molecular flexibility index (Phi) is 5.70. The van der Waals surface area contributed by atoms with Crippen molar-refractivity contribution in [3.8, 4) is 5.95 Å². The zero-order valence-electron chi connectivity index (χ0n) is 17.1. The monoisotopic (exact) mass is 484 g/mol. The molecule has 0 saturated heterocycles. The molecule has 0 aliphatic carbocycles. The van der Waals surface area contributed by atoms with Crippen LogP contribution in [0.3, 0.4) is 0 Å². The van der Waals surface area contributed by atoms with E-state index >= 15 is 0 Å². The van der Waals surface area contributed by atoms with Crippen LogP contribution in [0.4, 0.5) is 32.2 Å². The molecular formula is C19H14F6N8O. The summed E-state index contributed by atoms with van der Waals surface area (Å²) in [5.41, 5.74) is -2.77. The molecule has 3 aromatic heterocycles. The van der Waals surface area contributed by atoms with E-state index in [4.69, 9.17) is 0 Å². The third-order valence-electron chi connectivity index (χ3n) is 4.70. The highest BCUT2D eigenvalue weighted by Crippen LogP contribution is 2.34. The second kappa shape index (κ2) is 8.39. The highest BCUT2D eigenvalue weighted by molar-refractivity contribution is 5.90. The minimum Gasteiger partial charge on any atom is -0.360 e. The molecule has 0 aliphatic heterocycles. The summed E-state index contributed by atoms with van der Waals surface area (Å²) >= 11 is 0. The van der Waals surface area contributed by atoms with Gasteiger partial charge in [0.25, 0.3) is 5.95 Å². The highest BCUT2D eigenvalue weighted by Gasteiger charge is 2.33. The number of nitrogens with zero attached hydrogens (tertiary/aromatic N) is 7. The number of hydrogen-bond acceptors (Lipinski definition) is 7. The number of anilines is 1. The summed E-state index contributed by atoms with van der Waals surface area (Å²) in [5, 5.41) is 6.44. The molecule has 178 valence electrons. The zero-order chi connectivity index (χ0) is 24.7. The van der Waals surface area contributed by atoms with E-state index in [2.05, 4.69) is 30.4 Å². The fourth-order valence-corrected chi connectivity index (χ4v) is 3.27. The van der Waals surface area contributed by atoms with Gasteiger partial charge in [-0.3, -0.25) is 4.57 Å². The Morgan fingerprint density at radius 3 is 2.41 bits per heavy atom. The summed E-state index contributed by atoms with van der Waals surface area (Å²) < 4.78 is 80.4. The van der Waals surface area contributed by atoms with Crippen LogP contribution in [0.2, 0.25) is 0 Å². The smallest absolute Gasteiger partial charge is 0.360 e. The first kappa shape index (κ1) is 23.1. The molecule has 1 N–H and O–H groups in total. The Balaban J connectivity index is 1.82. The lowest BCUT2D eigenvalue weighted by atomic mass is 10.1. The van der Waals surface area contributed by atoms with E-state index in [0.29, 0.717) is 12.1 Å². The van der Waals surface area contributed by atoms with E-state index in [1.54, 1.807) is 13.0 Å². The lowest BCUT2D eigenvalue weighted by molar-refractivity contribution is -0.141. The molecule has 4 aromatic rings. The topological polar surface area (TPSA) is 103 Å². The van der Waals surface area contributed by atoms with E-state index < -0.39 is 36.2 Å². The van der Waals surface area contributed by atoms with E-state index in [0.717, 1.165) is 6.07 Å².